The van der Waals surface area contributed by atoms with Crippen LogP contribution in [0.2, 0.25) is 0 Å². The van der Waals surface area contributed by atoms with Crippen molar-refractivity contribution in [3.05, 3.63) is 95.4 Å². The lowest BCUT2D eigenvalue weighted by molar-refractivity contribution is -0.832. The minimum atomic E-state index is -4.31. The van der Waals surface area contributed by atoms with Gasteiger partial charge in [-0.3, -0.25) is 23.6 Å². The molecule has 2 aromatic heterocycles. The first kappa shape index (κ1) is 53.5. The van der Waals surface area contributed by atoms with E-state index >= 15 is 0 Å². The lowest BCUT2D eigenvalue weighted by atomic mass is 9.89. The number of hydrogen-bond donors (Lipinski definition) is 0. The fourth-order valence-corrected chi connectivity index (χ4v) is 10.2. The van der Waals surface area contributed by atoms with E-state index in [1.807, 2.05) is 12.2 Å². The van der Waals surface area contributed by atoms with Crippen LogP contribution in [0.5, 0.6) is 11.8 Å². The van der Waals surface area contributed by atoms with Gasteiger partial charge in [-0.1, -0.05) is 48.6 Å². The summed E-state index contributed by atoms with van der Waals surface area (Å²) in [6, 6.07) is 14.5. The number of ether oxygens (including phenoxy) is 7. The molecule has 6 rings (SSSR count). The zero-order chi connectivity index (χ0) is 50.8. The molecule has 1 fully saturated rings. The number of allylic oxidation sites excluding steroid dienone is 2. The maximum atomic E-state index is 13.2. The van der Waals surface area contributed by atoms with Crippen molar-refractivity contribution >= 4 is 43.6 Å². The lowest BCUT2D eigenvalue weighted by Gasteiger charge is -2.25. The summed E-state index contributed by atoms with van der Waals surface area (Å²) in [5.41, 5.74) is 0. The molecule has 384 valence electrons. The molecule has 23 nitrogen and oxygen atoms in total. The summed E-state index contributed by atoms with van der Waals surface area (Å²) < 4.78 is 99.6. The molecular formula is C46H54N4O19S2. The summed E-state index contributed by atoms with van der Waals surface area (Å²) in [5.74, 6) is -4.22. The number of sulfone groups is 2. The van der Waals surface area contributed by atoms with E-state index in [-0.39, 0.29) is 96.8 Å². The van der Waals surface area contributed by atoms with E-state index in [4.69, 9.17) is 33.2 Å². The molecule has 2 aliphatic rings. The monoisotopic (exact) mass is 1030 g/mol. The minimum Gasteiger partial charge on any atom is -0.466 e. The van der Waals surface area contributed by atoms with Crippen molar-refractivity contribution in [2.24, 2.45) is 11.8 Å². The van der Waals surface area contributed by atoms with E-state index in [0.29, 0.717) is 32.1 Å². The number of nitrogens with zero attached hydrogens (tertiary/aromatic N) is 4. The fourth-order valence-electron chi connectivity index (χ4n) is 7.64. The Morgan fingerprint density at radius 2 is 1.28 bits per heavy atom. The first-order chi connectivity index (χ1) is 34.1. The van der Waals surface area contributed by atoms with Gasteiger partial charge < -0.3 is 43.6 Å². The normalized spacial score (nSPS) is 20.5. The van der Waals surface area contributed by atoms with Crippen molar-refractivity contribution in [2.45, 2.75) is 116 Å². The predicted octanol–water partition coefficient (Wildman–Crippen LogP) is 4.03. The van der Waals surface area contributed by atoms with Crippen LogP contribution in [0.4, 0.5) is 0 Å². The van der Waals surface area contributed by atoms with E-state index in [1.54, 1.807) is 19.1 Å². The molecule has 0 spiro atoms. The Bertz CT molecular complexity index is 2690. The van der Waals surface area contributed by atoms with Crippen molar-refractivity contribution in [3.63, 3.8) is 0 Å². The third-order valence-electron chi connectivity index (χ3n) is 11.1. The van der Waals surface area contributed by atoms with E-state index < -0.39 is 83.5 Å². The van der Waals surface area contributed by atoms with Gasteiger partial charge in [0.1, 0.15) is 12.2 Å². The maximum absolute atomic E-state index is 13.2. The van der Waals surface area contributed by atoms with Crippen molar-refractivity contribution in [1.82, 2.24) is 10.3 Å². The van der Waals surface area contributed by atoms with Crippen LogP contribution >= 0.6 is 0 Å². The molecule has 0 unspecified atom stereocenters. The molecule has 0 amide bonds. The Morgan fingerprint density at radius 1 is 0.704 bits per heavy atom. The lowest BCUT2D eigenvalue weighted by Crippen LogP contribution is -2.31. The molecule has 1 saturated carbocycles. The van der Waals surface area contributed by atoms with Gasteiger partial charge >= 0.3 is 45.7 Å². The van der Waals surface area contributed by atoms with Crippen LogP contribution in [0.25, 0.3) is 0 Å². The van der Waals surface area contributed by atoms with E-state index in [0.717, 1.165) is 6.42 Å². The summed E-state index contributed by atoms with van der Waals surface area (Å²) in [6.45, 7) is 1.63. The average molecular weight is 1030 g/mol. The molecule has 0 saturated heterocycles. The van der Waals surface area contributed by atoms with Crippen molar-refractivity contribution in [3.8, 4) is 11.8 Å². The number of carbonyl (C=O) groups excluding carboxylic acids is 4. The zero-order valence-corrected chi connectivity index (χ0v) is 40.3. The first-order valence-electron chi connectivity index (χ1n) is 22.9. The third kappa shape index (κ3) is 15.3. The van der Waals surface area contributed by atoms with Gasteiger partial charge in [-0.15, -0.1) is 0 Å². The van der Waals surface area contributed by atoms with Crippen molar-refractivity contribution in [2.75, 3.05) is 33.0 Å². The zero-order valence-electron chi connectivity index (χ0n) is 38.6. The molecule has 0 radical (unpaired) electrons. The molecule has 3 heterocycles. The van der Waals surface area contributed by atoms with E-state index in [1.165, 1.54) is 60.7 Å². The van der Waals surface area contributed by atoms with Crippen LogP contribution in [-0.2, 0) is 62.5 Å². The number of benzene rings is 2. The third-order valence-corrected chi connectivity index (χ3v) is 14.6. The highest BCUT2D eigenvalue weighted by Gasteiger charge is 2.41. The summed E-state index contributed by atoms with van der Waals surface area (Å²) >= 11 is 0. The van der Waals surface area contributed by atoms with Crippen molar-refractivity contribution in [1.29, 1.82) is 0 Å². The Balaban J connectivity index is 0.931. The van der Waals surface area contributed by atoms with Crippen LogP contribution in [0.15, 0.2) is 114 Å². The van der Waals surface area contributed by atoms with Crippen molar-refractivity contribution < 1.29 is 88.2 Å². The van der Waals surface area contributed by atoms with Crippen LogP contribution in [0.1, 0.15) is 77.6 Å². The van der Waals surface area contributed by atoms with Gasteiger partial charge in [-0.25, -0.2) is 21.6 Å². The van der Waals surface area contributed by atoms with Crippen LogP contribution in [0, 0.1) is 22.3 Å². The van der Waals surface area contributed by atoms with E-state index in [9.17, 15) is 46.4 Å². The Kier molecular flexibility index (Phi) is 19.5. The molecule has 1 aliphatic heterocycles. The van der Waals surface area contributed by atoms with Gasteiger partial charge in [-0.2, -0.15) is 0 Å². The summed E-state index contributed by atoms with van der Waals surface area (Å²) in [4.78, 5) is 50.6. The predicted molar refractivity (Wildman–Crippen MR) is 239 cm³/mol. The largest absolute Gasteiger partial charge is 0.466 e. The van der Waals surface area contributed by atoms with Gasteiger partial charge in [-0.05, 0) is 97.9 Å². The smallest absolute Gasteiger partial charge is 0.414 e. The fraction of sp³-hybridized carbons (Fsp3) is 0.478. The molecule has 4 aromatic rings. The number of esters is 4. The Morgan fingerprint density at radius 3 is 1.92 bits per heavy atom. The molecule has 71 heavy (non-hydrogen) atoms. The minimum absolute atomic E-state index is 0.00710. The highest BCUT2D eigenvalue weighted by atomic mass is 32.2. The Labute approximate surface area is 408 Å². The second-order valence-electron chi connectivity index (χ2n) is 16.4. The average Bonchev–Trinajstić information content (AvgIpc) is 4.06. The van der Waals surface area contributed by atoms with Crippen LogP contribution < -0.4 is 19.3 Å². The highest BCUT2D eigenvalue weighted by molar-refractivity contribution is 7.91. The van der Waals surface area contributed by atoms with E-state index in [2.05, 4.69) is 19.6 Å². The summed E-state index contributed by atoms with van der Waals surface area (Å²) in [6.07, 6.45) is 7.76. The van der Waals surface area contributed by atoms with Crippen LogP contribution in [-0.4, -0.2) is 102 Å². The van der Waals surface area contributed by atoms with Crippen LogP contribution in [0.3, 0.4) is 0 Å². The number of fused-ring (bicyclic) bond motifs is 1. The summed E-state index contributed by atoms with van der Waals surface area (Å²) in [7, 11) is -8.58. The van der Waals surface area contributed by atoms with Gasteiger partial charge in [0.2, 0.25) is 0 Å². The number of hydrogen-bond acceptors (Lipinski definition) is 21. The SMILES string of the molecule is C[C@H]1CCC/C=C/[C@@H]2C[C@H](OC(=O)CCC(=O)OCCCOc3no[n+]([O-])c3S(=O)(=O)c3ccccc3)C[C@H]2[C@H](OC(=O)CCOCCCCOc2no[n+]([O-])c2S(=O)(=O)c2ccccc2)/C=C/C(=O)O1. The number of cyclic esters (lactones) is 1. The number of aromatic nitrogens is 4. The second kappa shape index (κ2) is 25.8. The van der Waals surface area contributed by atoms with Gasteiger partial charge in [0.15, 0.2) is 0 Å². The quantitative estimate of drug-likeness (QED) is 0.0333. The first-order valence-corrected chi connectivity index (χ1v) is 25.8. The van der Waals surface area contributed by atoms with Gasteiger partial charge in [0, 0.05) is 25.0 Å². The molecule has 1 aliphatic carbocycles. The molecule has 25 heteroatoms. The number of rotatable bonds is 23. The van der Waals surface area contributed by atoms with Gasteiger partial charge in [0.25, 0.3) is 19.7 Å². The standard InChI is InChI=1S/C46H54N4O19S2/c1-32-14-5-2-6-15-33-30-34(66-41(53)23-22-39(51)62-27-13-28-64-44-46(50(56)69-48-44)71(59,60)36-18-9-4-10-19-36)31-37(33)38(20-21-40(52)65-32)67-42(54)24-29-61-25-11-12-26-63-43-45(49(55)68-47-43)70(57,58)35-16-7-3-8-17-35/h3-4,6-10,15-21,32-34,37-38H,2,5,11-14,22-31H2,1H3/b15-6+,21-20+/t32-,33+,34-,37+,38+/m0/s1. The summed E-state index contributed by atoms with van der Waals surface area (Å²) in [5, 5.41) is 29.4. The molecule has 5 atom stereocenters. The maximum Gasteiger partial charge on any atom is 0.414 e. The Hall–Kier alpha value is -6.86. The molecular weight excluding hydrogens is 977 g/mol. The van der Waals surface area contributed by atoms with Gasteiger partial charge in [0.05, 0.1) is 71.9 Å². The highest BCUT2D eigenvalue weighted by Crippen LogP contribution is 2.39. The molecule has 0 N–H and O–H groups in total. The molecule has 0 bridgehead atoms. The number of carbonyl (C=O) groups is 4. The molecule has 2 aromatic carbocycles. The second-order valence-corrected chi connectivity index (χ2v) is 20.1. The topological polar surface area (TPSA) is 307 Å². The number of unbranched alkanes of at least 4 members (excludes halogenated alkanes) is 1.